The first kappa shape index (κ1) is 25.3. The Morgan fingerprint density at radius 2 is 1.70 bits per heavy atom. The largest absolute Gasteiger partial charge is 0.508 e. The number of nitrogens with zero attached hydrogens (tertiary/aromatic N) is 1. The van der Waals surface area contributed by atoms with E-state index in [-0.39, 0.29) is 11.3 Å². The highest BCUT2D eigenvalue weighted by Crippen LogP contribution is 2.30. The minimum atomic E-state index is -1.36. The first-order valence-corrected chi connectivity index (χ1v) is 10.4. The molecule has 0 saturated heterocycles. The van der Waals surface area contributed by atoms with Gasteiger partial charge in [-0.25, -0.2) is 4.79 Å². The molecule has 2 unspecified atom stereocenters. The molecular weight excluding hydrogens is 422 g/mol. The summed E-state index contributed by atoms with van der Waals surface area (Å²) in [4.78, 5) is 39.5. The van der Waals surface area contributed by atoms with Gasteiger partial charge in [0.15, 0.2) is 6.04 Å². The molecule has 0 radical (unpaired) electrons. The lowest BCUT2D eigenvalue weighted by Gasteiger charge is -2.29. The topological polar surface area (TPSA) is 108 Å². The van der Waals surface area contributed by atoms with Crippen molar-refractivity contribution >= 4 is 23.6 Å². The Morgan fingerprint density at radius 1 is 1.09 bits per heavy atom. The number of aryl methyl sites for hydroxylation is 1. The minimum absolute atomic E-state index is 0.138. The average Bonchev–Trinajstić information content (AvgIpc) is 2.72. The third-order valence-electron chi connectivity index (χ3n) is 4.62. The van der Waals surface area contributed by atoms with Crippen LogP contribution in [-0.2, 0) is 14.3 Å². The molecule has 0 aliphatic rings. The van der Waals surface area contributed by atoms with Gasteiger partial charge >= 0.3 is 6.09 Å². The normalized spacial score (nSPS) is 12.6. The molecule has 2 atom stereocenters. The van der Waals surface area contributed by atoms with E-state index in [0.717, 1.165) is 10.5 Å². The van der Waals surface area contributed by atoms with Crippen molar-refractivity contribution in [3.63, 3.8) is 0 Å². The number of terminal acetylenes is 1. The Hall–Kier alpha value is -3.99. The van der Waals surface area contributed by atoms with E-state index in [0.29, 0.717) is 5.69 Å². The van der Waals surface area contributed by atoms with Crippen LogP contribution in [0.25, 0.3) is 0 Å². The second-order valence-electron chi connectivity index (χ2n) is 8.47. The Bertz CT molecular complexity index is 1070. The first-order chi connectivity index (χ1) is 15.4. The van der Waals surface area contributed by atoms with Gasteiger partial charge < -0.3 is 20.5 Å². The number of phenols is 1. The van der Waals surface area contributed by atoms with Crippen LogP contribution in [0.3, 0.4) is 0 Å². The summed E-state index contributed by atoms with van der Waals surface area (Å²) < 4.78 is 5.18. The second kappa shape index (κ2) is 10.6. The molecule has 0 aliphatic carbocycles. The lowest BCUT2D eigenvalue weighted by atomic mass is 10.0. The molecule has 174 valence electrons. The van der Waals surface area contributed by atoms with Crippen LogP contribution in [0.5, 0.6) is 5.75 Å². The zero-order valence-electron chi connectivity index (χ0n) is 19.4. The number of hydrogen-bond acceptors (Lipinski definition) is 5. The fourth-order valence-corrected chi connectivity index (χ4v) is 3.05. The van der Waals surface area contributed by atoms with Crippen LogP contribution in [0.4, 0.5) is 10.5 Å². The van der Waals surface area contributed by atoms with E-state index in [1.807, 2.05) is 19.1 Å². The van der Waals surface area contributed by atoms with Gasteiger partial charge in [-0.3, -0.25) is 14.5 Å². The summed E-state index contributed by atoms with van der Waals surface area (Å²) >= 11 is 0. The van der Waals surface area contributed by atoms with E-state index in [2.05, 4.69) is 16.7 Å². The van der Waals surface area contributed by atoms with Crippen molar-refractivity contribution in [3.8, 4) is 18.2 Å². The number of alkyl carbamates (subject to hydrolysis) is 1. The molecule has 0 saturated carbocycles. The summed E-state index contributed by atoms with van der Waals surface area (Å²) in [6.45, 7) is 8.32. The van der Waals surface area contributed by atoms with Crippen molar-refractivity contribution in [2.75, 3.05) is 5.32 Å². The molecular formula is C25H29N3O5. The van der Waals surface area contributed by atoms with E-state index in [9.17, 15) is 19.5 Å². The van der Waals surface area contributed by atoms with Gasteiger partial charge in [0.25, 0.3) is 11.8 Å². The molecule has 8 nitrogen and oxygen atoms in total. The van der Waals surface area contributed by atoms with Crippen LogP contribution in [0.15, 0.2) is 48.5 Å². The summed E-state index contributed by atoms with van der Waals surface area (Å²) in [5.41, 5.74) is 0.719. The zero-order valence-corrected chi connectivity index (χ0v) is 19.4. The quantitative estimate of drug-likeness (QED) is 0.458. The van der Waals surface area contributed by atoms with Crippen LogP contribution in [0, 0.1) is 19.4 Å². The van der Waals surface area contributed by atoms with Crippen LogP contribution in [0.1, 0.15) is 44.9 Å². The maximum absolute atomic E-state index is 13.3. The van der Waals surface area contributed by atoms with Crippen molar-refractivity contribution in [2.45, 2.75) is 52.3 Å². The van der Waals surface area contributed by atoms with Gasteiger partial charge in [-0.15, -0.1) is 0 Å². The van der Waals surface area contributed by atoms with Crippen molar-refractivity contribution < 1.29 is 24.2 Å². The highest BCUT2D eigenvalue weighted by atomic mass is 16.6. The summed E-state index contributed by atoms with van der Waals surface area (Å²) in [6, 6.07) is 13.0. The zero-order chi connectivity index (χ0) is 24.8. The number of phenolic OH excluding ortho intramolecular Hbond substituents is 1. The number of benzene rings is 2. The van der Waals surface area contributed by atoms with Crippen molar-refractivity contribution in [1.29, 1.82) is 0 Å². The molecule has 33 heavy (non-hydrogen) atoms. The van der Waals surface area contributed by atoms with E-state index < -0.39 is 35.6 Å². The highest BCUT2D eigenvalue weighted by molar-refractivity contribution is 6.00. The molecule has 8 heteroatoms. The molecule has 2 rings (SSSR count). The highest BCUT2D eigenvalue weighted by Gasteiger charge is 2.35. The number of para-hydroxylation sites is 2. The molecule has 2 aromatic rings. The Labute approximate surface area is 193 Å². The lowest BCUT2D eigenvalue weighted by molar-refractivity contribution is -0.136. The van der Waals surface area contributed by atoms with Gasteiger partial charge in [0.05, 0.1) is 0 Å². The van der Waals surface area contributed by atoms with Gasteiger partial charge in [0, 0.05) is 17.3 Å². The molecule has 0 bridgehead atoms. The number of carbonyl (C=O) groups excluding carboxylic acids is 3. The Morgan fingerprint density at radius 3 is 2.27 bits per heavy atom. The van der Waals surface area contributed by atoms with Gasteiger partial charge in [-0.05, 0) is 52.3 Å². The SMILES string of the molecule is C#CN(C(=O)C(C)NC(=O)OC(C)(C)C)C(C(=O)Nc1ccccc1C)c1ccccc1O. The molecule has 0 spiro atoms. The Balaban J connectivity index is 2.38. The molecule has 0 aromatic heterocycles. The second-order valence-corrected chi connectivity index (χ2v) is 8.47. The number of amides is 3. The lowest BCUT2D eigenvalue weighted by Crippen LogP contribution is -2.49. The van der Waals surface area contributed by atoms with Crippen LogP contribution in [-0.4, -0.2) is 39.6 Å². The number of rotatable bonds is 6. The van der Waals surface area contributed by atoms with E-state index in [4.69, 9.17) is 11.2 Å². The number of hydrogen-bond donors (Lipinski definition) is 3. The maximum atomic E-state index is 13.3. The fraction of sp³-hybridized carbons (Fsp3) is 0.320. The van der Waals surface area contributed by atoms with Crippen molar-refractivity contribution in [2.24, 2.45) is 0 Å². The summed E-state index contributed by atoms with van der Waals surface area (Å²) in [6.07, 6.45) is 4.84. The predicted octanol–water partition coefficient (Wildman–Crippen LogP) is 3.71. The number of anilines is 1. The monoisotopic (exact) mass is 451 g/mol. The smallest absolute Gasteiger partial charge is 0.408 e. The van der Waals surface area contributed by atoms with E-state index in [1.54, 1.807) is 45.0 Å². The predicted molar refractivity (Wildman–Crippen MR) is 125 cm³/mol. The minimum Gasteiger partial charge on any atom is -0.508 e. The van der Waals surface area contributed by atoms with Gasteiger partial charge in [0.1, 0.15) is 17.4 Å². The van der Waals surface area contributed by atoms with Crippen molar-refractivity contribution in [3.05, 3.63) is 59.7 Å². The summed E-state index contributed by atoms with van der Waals surface area (Å²) in [5.74, 6) is -1.55. The average molecular weight is 452 g/mol. The fourth-order valence-electron chi connectivity index (χ4n) is 3.05. The Kier molecular flexibility index (Phi) is 8.08. The number of nitrogens with one attached hydrogen (secondary N) is 2. The number of ether oxygens (including phenoxy) is 1. The molecule has 0 aliphatic heterocycles. The van der Waals surface area contributed by atoms with Crippen LogP contribution in [0.2, 0.25) is 0 Å². The molecule has 2 aromatic carbocycles. The summed E-state index contributed by atoms with van der Waals surface area (Å²) in [7, 11) is 0. The van der Waals surface area contributed by atoms with Gasteiger partial charge in [-0.2, -0.15) is 0 Å². The maximum Gasteiger partial charge on any atom is 0.408 e. The third kappa shape index (κ3) is 6.74. The standard InChI is InChI=1S/C25H29N3O5/c1-7-28(23(31)17(3)26-24(32)33-25(4,5)6)21(18-13-9-11-15-20(18)29)22(30)27-19-14-10-8-12-16(19)2/h1,8-15,17,21,29H,2-6H3,(H,26,32)(H,27,30). The van der Waals surface area contributed by atoms with Gasteiger partial charge in [0.2, 0.25) is 0 Å². The molecule has 0 heterocycles. The van der Waals surface area contributed by atoms with Gasteiger partial charge in [-0.1, -0.05) is 42.8 Å². The van der Waals surface area contributed by atoms with E-state index >= 15 is 0 Å². The van der Waals surface area contributed by atoms with Crippen LogP contribution >= 0.6 is 0 Å². The molecule has 0 fully saturated rings. The number of aromatic hydroxyl groups is 1. The third-order valence-corrected chi connectivity index (χ3v) is 4.62. The summed E-state index contributed by atoms with van der Waals surface area (Å²) in [5, 5.41) is 15.6. The number of carbonyl (C=O) groups is 3. The van der Waals surface area contributed by atoms with Crippen molar-refractivity contribution in [1.82, 2.24) is 10.2 Å². The first-order valence-electron chi connectivity index (χ1n) is 10.4. The van der Waals surface area contributed by atoms with E-state index in [1.165, 1.54) is 19.1 Å². The molecule has 3 N–H and O–H groups in total. The van der Waals surface area contributed by atoms with Crippen LogP contribution < -0.4 is 10.6 Å². The molecule has 3 amide bonds.